The van der Waals surface area contributed by atoms with Crippen LogP contribution >= 0.6 is 15.9 Å². The van der Waals surface area contributed by atoms with Crippen LogP contribution < -0.4 is 4.74 Å². The molecule has 0 bridgehead atoms. The minimum atomic E-state index is -0.220. The molecule has 3 rings (SSSR count). The zero-order valence-electron chi connectivity index (χ0n) is 12.0. The van der Waals surface area contributed by atoms with E-state index < -0.39 is 0 Å². The number of Topliss-reactive ketones (excluding diaryl/α,β-unsaturated/α-hetero) is 1. The molecule has 20 heavy (non-hydrogen) atoms. The van der Waals surface area contributed by atoms with E-state index in [9.17, 15) is 4.79 Å². The maximum atomic E-state index is 12.4. The molecule has 2 nitrogen and oxygen atoms in total. The molecule has 0 saturated heterocycles. The molecule has 0 N–H and O–H groups in total. The summed E-state index contributed by atoms with van der Waals surface area (Å²) in [6.45, 7) is 2.25. The smallest absolute Gasteiger partial charge is 0.170 e. The highest BCUT2D eigenvalue weighted by molar-refractivity contribution is 9.10. The molecular formula is C17H21BrO2. The molecule has 0 radical (unpaired) electrons. The molecule has 2 aliphatic rings. The van der Waals surface area contributed by atoms with Crippen molar-refractivity contribution in [2.24, 2.45) is 5.92 Å². The Morgan fingerprint density at radius 3 is 2.80 bits per heavy atom. The van der Waals surface area contributed by atoms with Gasteiger partial charge in [0.15, 0.2) is 5.78 Å². The van der Waals surface area contributed by atoms with Crippen molar-refractivity contribution in [2.75, 3.05) is 0 Å². The van der Waals surface area contributed by atoms with Gasteiger partial charge in [-0.05, 0) is 49.8 Å². The number of hydrogen-bond acceptors (Lipinski definition) is 2. The summed E-state index contributed by atoms with van der Waals surface area (Å²) in [5, 5.41) is 0. The predicted molar refractivity (Wildman–Crippen MR) is 83.3 cm³/mol. The number of rotatable bonds is 2. The van der Waals surface area contributed by atoms with E-state index in [1.54, 1.807) is 0 Å². The van der Waals surface area contributed by atoms with Crippen LogP contribution in [-0.2, 0) is 0 Å². The Morgan fingerprint density at radius 2 is 2.10 bits per heavy atom. The van der Waals surface area contributed by atoms with Crippen LogP contribution in [0.15, 0.2) is 22.7 Å². The fourth-order valence-electron chi connectivity index (χ4n) is 3.65. The quantitative estimate of drug-likeness (QED) is 0.747. The first-order valence-electron chi connectivity index (χ1n) is 7.64. The fraction of sp³-hybridized carbons (Fsp3) is 0.588. The molecule has 1 aliphatic heterocycles. The normalized spacial score (nSPS) is 29.1. The summed E-state index contributed by atoms with van der Waals surface area (Å²) in [5.41, 5.74) is 0.517. The van der Waals surface area contributed by atoms with Crippen LogP contribution in [-0.4, -0.2) is 11.4 Å². The van der Waals surface area contributed by atoms with Crippen LogP contribution in [0.5, 0.6) is 5.75 Å². The van der Waals surface area contributed by atoms with Crippen molar-refractivity contribution >= 4 is 21.7 Å². The lowest BCUT2D eigenvalue weighted by atomic mass is 9.73. The molecule has 1 aromatic rings. The van der Waals surface area contributed by atoms with Crippen molar-refractivity contribution in [3.8, 4) is 5.75 Å². The summed E-state index contributed by atoms with van der Waals surface area (Å²) in [4.78, 5) is 12.4. The van der Waals surface area contributed by atoms with Gasteiger partial charge < -0.3 is 4.74 Å². The van der Waals surface area contributed by atoms with Gasteiger partial charge in [0.1, 0.15) is 11.4 Å². The summed E-state index contributed by atoms with van der Waals surface area (Å²) in [6.07, 6.45) is 7.58. The third kappa shape index (κ3) is 2.65. The molecule has 1 heterocycles. The first-order chi connectivity index (χ1) is 9.62. The van der Waals surface area contributed by atoms with Crippen molar-refractivity contribution in [3.63, 3.8) is 0 Å². The first kappa shape index (κ1) is 14.1. The highest BCUT2D eigenvalue weighted by Gasteiger charge is 2.42. The van der Waals surface area contributed by atoms with Crippen LogP contribution in [0.1, 0.15) is 62.2 Å². The predicted octanol–water partition coefficient (Wildman–Crippen LogP) is 5.14. The Morgan fingerprint density at radius 1 is 1.35 bits per heavy atom. The third-order valence-corrected chi connectivity index (χ3v) is 5.26. The molecule has 0 atom stereocenters. The maximum Gasteiger partial charge on any atom is 0.170 e. The lowest BCUT2D eigenvalue weighted by molar-refractivity contribution is 0.00113. The second-order valence-electron chi connectivity index (χ2n) is 6.26. The molecule has 1 saturated carbocycles. The van der Waals surface area contributed by atoms with E-state index in [2.05, 4.69) is 22.9 Å². The minimum absolute atomic E-state index is 0.220. The molecule has 0 amide bonds. The minimum Gasteiger partial charge on any atom is -0.486 e. The number of benzene rings is 1. The van der Waals surface area contributed by atoms with Gasteiger partial charge in [-0.3, -0.25) is 4.79 Å². The Balaban J connectivity index is 1.78. The lowest BCUT2D eigenvalue weighted by Gasteiger charge is -2.42. The Labute approximate surface area is 129 Å². The van der Waals surface area contributed by atoms with Gasteiger partial charge in [0.05, 0.1) is 12.0 Å². The van der Waals surface area contributed by atoms with Gasteiger partial charge in [0.2, 0.25) is 0 Å². The van der Waals surface area contributed by atoms with E-state index in [1.165, 1.54) is 25.7 Å². The number of carbonyl (C=O) groups is 1. The molecular weight excluding hydrogens is 316 g/mol. The highest BCUT2D eigenvalue weighted by Crippen LogP contribution is 2.44. The summed E-state index contributed by atoms with van der Waals surface area (Å²) >= 11 is 3.42. The molecule has 1 fully saturated rings. The van der Waals surface area contributed by atoms with E-state index in [-0.39, 0.29) is 11.4 Å². The van der Waals surface area contributed by atoms with Crippen molar-refractivity contribution in [3.05, 3.63) is 28.2 Å². The van der Waals surface area contributed by atoms with Crippen molar-refractivity contribution in [1.82, 2.24) is 0 Å². The van der Waals surface area contributed by atoms with Gasteiger partial charge >= 0.3 is 0 Å². The summed E-state index contributed by atoms with van der Waals surface area (Å²) < 4.78 is 7.21. The second-order valence-corrected chi connectivity index (χ2v) is 7.17. The topological polar surface area (TPSA) is 26.3 Å². The molecule has 1 aromatic carbocycles. The molecule has 108 valence electrons. The number of carbonyl (C=O) groups excluding carboxylic acids is 1. The summed E-state index contributed by atoms with van der Waals surface area (Å²) in [7, 11) is 0. The fourth-order valence-corrected chi connectivity index (χ4v) is 4.01. The standard InChI is InChI=1S/C17H21BrO2/c1-2-3-12-6-8-17(9-7-12)11-15(19)14-10-13(18)4-5-16(14)20-17/h4-5,10,12H,2-3,6-9,11H2,1H3. The largest absolute Gasteiger partial charge is 0.486 e. The van der Waals surface area contributed by atoms with E-state index in [1.807, 2.05) is 18.2 Å². The van der Waals surface area contributed by atoms with Crippen molar-refractivity contribution in [1.29, 1.82) is 0 Å². The van der Waals surface area contributed by atoms with Crippen LogP contribution in [0.2, 0.25) is 0 Å². The van der Waals surface area contributed by atoms with Crippen LogP contribution in [0.4, 0.5) is 0 Å². The Hall–Kier alpha value is -0.830. The molecule has 1 spiro atoms. The number of fused-ring (bicyclic) bond motifs is 1. The van der Waals surface area contributed by atoms with Gasteiger partial charge in [-0.25, -0.2) is 0 Å². The maximum absolute atomic E-state index is 12.4. The van der Waals surface area contributed by atoms with Crippen molar-refractivity contribution in [2.45, 2.75) is 57.5 Å². The van der Waals surface area contributed by atoms with Gasteiger partial charge in [0.25, 0.3) is 0 Å². The Bertz CT molecular complexity index is 516. The van der Waals surface area contributed by atoms with Crippen molar-refractivity contribution < 1.29 is 9.53 Å². The van der Waals surface area contributed by atoms with Gasteiger partial charge in [-0.15, -0.1) is 0 Å². The van der Waals surface area contributed by atoms with Gasteiger partial charge in [0, 0.05) is 4.47 Å². The van der Waals surface area contributed by atoms with E-state index in [0.29, 0.717) is 6.42 Å². The molecule has 0 aromatic heterocycles. The van der Waals surface area contributed by atoms with E-state index in [0.717, 1.165) is 34.5 Å². The third-order valence-electron chi connectivity index (χ3n) is 4.76. The van der Waals surface area contributed by atoms with E-state index >= 15 is 0 Å². The monoisotopic (exact) mass is 336 g/mol. The highest BCUT2D eigenvalue weighted by atomic mass is 79.9. The number of ketones is 1. The van der Waals surface area contributed by atoms with E-state index in [4.69, 9.17) is 4.74 Å². The molecule has 3 heteroatoms. The van der Waals surface area contributed by atoms with Crippen LogP contribution in [0, 0.1) is 5.92 Å². The zero-order chi connectivity index (χ0) is 14.2. The Kier molecular flexibility index (Phi) is 3.89. The summed E-state index contributed by atoms with van der Waals surface area (Å²) in [6, 6.07) is 5.76. The zero-order valence-corrected chi connectivity index (χ0v) is 13.5. The molecule has 1 aliphatic carbocycles. The average molecular weight is 337 g/mol. The number of halogens is 1. The van der Waals surface area contributed by atoms with Crippen LogP contribution in [0.3, 0.4) is 0 Å². The van der Waals surface area contributed by atoms with Crippen LogP contribution in [0.25, 0.3) is 0 Å². The number of ether oxygens (including phenoxy) is 1. The first-order valence-corrected chi connectivity index (χ1v) is 8.43. The SMILES string of the molecule is CCCC1CCC2(CC1)CC(=O)c1cc(Br)ccc1O2. The average Bonchev–Trinajstić information content (AvgIpc) is 2.43. The number of hydrogen-bond donors (Lipinski definition) is 0. The lowest BCUT2D eigenvalue weighted by Crippen LogP contribution is -2.44. The molecule has 0 unspecified atom stereocenters. The summed E-state index contributed by atoms with van der Waals surface area (Å²) in [5.74, 6) is 1.84. The second kappa shape index (κ2) is 5.51. The van der Waals surface area contributed by atoms with Gasteiger partial charge in [-0.2, -0.15) is 0 Å². The van der Waals surface area contributed by atoms with Gasteiger partial charge in [-0.1, -0.05) is 35.7 Å².